The second-order valence-electron chi connectivity index (χ2n) is 6.52. The Morgan fingerprint density at radius 2 is 1.89 bits per heavy atom. The van der Waals surface area contributed by atoms with Gasteiger partial charge in [-0.3, -0.25) is 0 Å². The molecule has 0 bridgehead atoms. The molecule has 18 heavy (non-hydrogen) atoms. The third-order valence-electron chi connectivity index (χ3n) is 4.44. The molecule has 0 radical (unpaired) electrons. The first kappa shape index (κ1) is 16.0. The Morgan fingerprint density at radius 3 is 2.56 bits per heavy atom. The van der Waals surface area contributed by atoms with Crippen molar-refractivity contribution in [3.63, 3.8) is 0 Å². The summed E-state index contributed by atoms with van der Waals surface area (Å²) in [5.74, 6) is 3.38. The molecule has 0 saturated heterocycles. The lowest BCUT2D eigenvalue weighted by molar-refractivity contribution is 0.120. The van der Waals surface area contributed by atoms with Crippen molar-refractivity contribution in [2.45, 2.75) is 52.9 Å². The second kappa shape index (κ2) is 8.92. The topological polar surface area (TPSA) is 21.3 Å². The summed E-state index contributed by atoms with van der Waals surface area (Å²) >= 11 is 0. The molecule has 3 atom stereocenters. The maximum Gasteiger partial charge on any atom is 0.0464 e. The van der Waals surface area contributed by atoms with Gasteiger partial charge >= 0.3 is 0 Å². The summed E-state index contributed by atoms with van der Waals surface area (Å²) in [6, 6.07) is 0. The average Bonchev–Trinajstić information content (AvgIpc) is 2.36. The molecule has 1 fully saturated rings. The molecule has 0 aromatic carbocycles. The minimum absolute atomic E-state index is 0.762. The van der Waals surface area contributed by atoms with Gasteiger partial charge in [0.25, 0.3) is 0 Å². The Hall–Kier alpha value is -0.0800. The van der Waals surface area contributed by atoms with Crippen molar-refractivity contribution in [1.82, 2.24) is 5.32 Å². The zero-order chi connectivity index (χ0) is 13.4. The highest BCUT2D eigenvalue weighted by Crippen LogP contribution is 2.36. The zero-order valence-electron chi connectivity index (χ0n) is 12.9. The Kier molecular flexibility index (Phi) is 7.92. The molecule has 1 aliphatic rings. The van der Waals surface area contributed by atoms with Gasteiger partial charge in [0.15, 0.2) is 0 Å². The molecule has 1 N–H and O–H groups in total. The van der Waals surface area contributed by atoms with E-state index in [1.807, 2.05) is 7.11 Å². The van der Waals surface area contributed by atoms with E-state index in [1.165, 1.54) is 38.6 Å². The Bertz CT molecular complexity index is 205. The van der Waals surface area contributed by atoms with Gasteiger partial charge in [-0.2, -0.15) is 0 Å². The summed E-state index contributed by atoms with van der Waals surface area (Å²) in [6.07, 6.45) is 6.94. The van der Waals surface area contributed by atoms with Gasteiger partial charge in [0.2, 0.25) is 0 Å². The zero-order valence-corrected chi connectivity index (χ0v) is 12.9. The summed E-state index contributed by atoms with van der Waals surface area (Å²) in [6.45, 7) is 10.3. The molecule has 2 nitrogen and oxygen atoms in total. The molecule has 0 heterocycles. The molecular weight excluding hydrogens is 222 g/mol. The molecule has 0 aromatic heterocycles. The summed E-state index contributed by atoms with van der Waals surface area (Å²) in [5.41, 5.74) is 0. The lowest BCUT2D eigenvalue weighted by atomic mass is 9.72. The van der Waals surface area contributed by atoms with E-state index in [2.05, 4.69) is 26.1 Å². The Labute approximate surface area is 114 Å². The van der Waals surface area contributed by atoms with Gasteiger partial charge in [0.1, 0.15) is 0 Å². The molecule has 2 heteroatoms. The highest BCUT2D eigenvalue weighted by atomic mass is 16.5. The van der Waals surface area contributed by atoms with Crippen LogP contribution in [0.4, 0.5) is 0 Å². The second-order valence-corrected chi connectivity index (χ2v) is 6.52. The van der Waals surface area contributed by atoms with E-state index in [1.54, 1.807) is 0 Å². The van der Waals surface area contributed by atoms with Crippen LogP contribution in [0.5, 0.6) is 0 Å². The number of nitrogens with one attached hydrogen (secondary N) is 1. The van der Waals surface area contributed by atoms with E-state index in [0.29, 0.717) is 0 Å². The number of rotatable bonds is 8. The van der Waals surface area contributed by atoms with Crippen LogP contribution < -0.4 is 5.32 Å². The minimum Gasteiger partial charge on any atom is -0.385 e. The van der Waals surface area contributed by atoms with E-state index in [9.17, 15) is 0 Å². The number of ether oxygens (including phenoxy) is 1. The molecule has 0 aromatic rings. The predicted molar refractivity (Wildman–Crippen MR) is 78.8 cm³/mol. The summed E-state index contributed by atoms with van der Waals surface area (Å²) in [4.78, 5) is 0. The van der Waals surface area contributed by atoms with Gasteiger partial charge in [-0.05, 0) is 56.0 Å². The van der Waals surface area contributed by atoms with Crippen LogP contribution in [0, 0.1) is 23.7 Å². The van der Waals surface area contributed by atoms with Gasteiger partial charge in [0.05, 0.1) is 0 Å². The molecule has 3 unspecified atom stereocenters. The number of hydrogen-bond acceptors (Lipinski definition) is 2. The average molecular weight is 255 g/mol. The number of hydrogen-bond donors (Lipinski definition) is 1. The minimum atomic E-state index is 0.762. The van der Waals surface area contributed by atoms with Gasteiger partial charge < -0.3 is 10.1 Å². The van der Waals surface area contributed by atoms with Crippen LogP contribution in [0.15, 0.2) is 0 Å². The van der Waals surface area contributed by atoms with Crippen molar-refractivity contribution >= 4 is 0 Å². The normalized spacial score (nSPS) is 26.5. The molecule has 1 rings (SSSR count). The third kappa shape index (κ3) is 5.71. The largest absolute Gasteiger partial charge is 0.385 e. The van der Waals surface area contributed by atoms with Crippen molar-refractivity contribution in [1.29, 1.82) is 0 Å². The molecule has 0 spiro atoms. The van der Waals surface area contributed by atoms with Crippen molar-refractivity contribution < 1.29 is 4.74 Å². The molecule has 0 aliphatic heterocycles. The van der Waals surface area contributed by atoms with Crippen LogP contribution in [0.25, 0.3) is 0 Å². The van der Waals surface area contributed by atoms with Crippen molar-refractivity contribution in [2.75, 3.05) is 26.8 Å². The monoisotopic (exact) mass is 255 g/mol. The van der Waals surface area contributed by atoms with Crippen LogP contribution >= 0.6 is 0 Å². The Morgan fingerprint density at radius 1 is 1.17 bits per heavy atom. The van der Waals surface area contributed by atoms with Gasteiger partial charge in [-0.1, -0.05) is 33.6 Å². The fourth-order valence-corrected chi connectivity index (χ4v) is 3.31. The van der Waals surface area contributed by atoms with Gasteiger partial charge in [-0.25, -0.2) is 0 Å². The van der Waals surface area contributed by atoms with Crippen molar-refractivity contribution in [2.24, 2.45) is 23.7 Å². The van der Waals surface area contributed by atoms with E-state index >= 15 is 0 Å². The van der Waals surface area contributed by atoms with Crippen molar-refractivity contribution in [3.05, 3.63) is 0 Å². The van der Waals surface area contributed by atoms with E-state index in [-0.39, 0.29) is 0 Å². The van der Waals surface area contributed by atoms with E-state index in [4.69, 9.17) is 4.74 Å². The highest BCUT2D eigenvalue weighted by molar-refractivity contribution is 4.80. The fourth-order valence-electron chi connectivity index (χ4n) is 3.31. The van der Waals surface area contributed by atoms with E-state index in [0.717, 1.165) is 36.8 Å². The SMILES string of the molecule is COCCC(C)C1CCCCC1CNCC(C)C. The maximum atomic E-state index is 5.24. The first-order valence-corrected chi connectivity index (χ1v) is 7.84. The van der Waals surface area contributed by atoms with Crippen LogP contribution in [0.1, 0.15) is 52.9 Å². The summed E-state index contributed by atoms with van der Waals surface area (Å²) < 4.78 is 5.24. The van der Waals surface area contributed by atoms with E-state index < -0.39 is 0 Å². The molecule has 1 saturated carbocycles. The molecular formula is C16H33NO. The first-order valence-electron chi connectivity index (χ1n) is 7.84. The van der Waals surface area contributed by atoms with Gasteiger partial charge in [0, 0.05) is 13.7 Å². The quantitative estimate of drug-likeness (QED) is 0.714. The predicted octanol–water partition coefficient (Wildman–Crippen LogP) is 3.71. The maximum absolute atomic E-state index is 5.24. The summed E-state index contributed by atoms with van der Waals surface area (Å²) in [5, 5.41) is 3.66. The fraction of sp³-hybridized carbons (Fsp3) is 1.00. The lowest BCUT2D eigenvalue weighted by Crippen LogP contribution is -2.35. The van der Waals surface area contributed by atoms with Gasteiger partial charge in [-0.15, -0.1) is 0 Å². The van der Waals surface area contributed by atoms with Crippen LogP contribution in [0.2, 0.25) is 0 Å². The molecule has 1 aliphatic carbocycles. The van der Waals surface area contributed by atoms with Crippen LogP contribution in [-0.2, 0) is 4.74 Å². The van der Waals surface area contributed by atoms with Crippen molar-refractivity contribution in [3.8, 4) is 0 Å². The number of methoxy groups -OCH3 is 1. The standard InChI is InChI=1S/C16H33NO/c1-13(2)11-17-12-15-7-5-6-8-16(15)14(3)9-10-18-4/h13-17H,5-12H2,1-4H3. The lowest BCUT2D eigenvalue weighted by Gasteiger charge is -2.36. The molecule has 108 valence electrons. The Balaban J connectivity index is 2.36. The third-order valence-corrected chi connectivity index (χ3v) is 4.44. The molecule has 0 amide bonds. The highest BCUT2D eigenvalue weighted by Gasteiger charge is 2.28. The van der Waals surface area contributed by atoms with Crippen LogP contribution in [0.3, 0.4) is 0 Å². The smallest absolute Gasteiger partial charge is 0.0464 e. The summed E-state index contributed by atoms with van der Waals surface area (Å²) in [7, 11) is 1.81. The first-order chi connectivity index (χ1) is 8.65. The van der Waals surface area contributed by atoms with Crippen LogP contribution in [-0.4, -0.2) is 26.8 Å².